The molecule has 1 aliphatic rings. The van der Waals surface area contributed by atoms with E-state index in [1.807, 2.05) is 4.90 Å². The highest BCUT2D eigenvalue weighted by Crippen LogP contribution is 2.30. The number of hydrogen-bond acceptors (Lipinski definition) is 5. The molecule has 0 atom stereocenters. The summed E-state index contributed by atoms with van der Waals surface area (Å²) in [6.07, 6.45) is 2.58. The second kappa shape index (κ2) is 4.53. The fourth-order valence-corrected chi connectivity index (χ4v) is 3.07. The van der Waals surface area contributed by atoms with Gasteiger partial charge in [0.2, 0.25) is 5.91 Å². The summed E-state index contributed by atoms with van der Waals surface area (Å²) >= 11 is 1.70. The molecule has 1 fully saturated rings. The molecule has 1 saturated heterocycles. The van der Waals surface area contributed by atoms with Crippen molar-refractivity contribution in [3.63, 3.8) is 0 Å². The minimum absolute atomic E-state index is 0.0546. The number of fused-ring (bicyclic) bond motifs is 1. The van der Waals surface area contributed by atoms with E-state index in [2.05, 4.69) is 28.3 Å². The summed E-state index contributed by atoms with van der Waals surface area (Å²) in [5.41, 5.74) is 0. The molecular weight excluding hydrogens is 248 g/mol. The highest BCUT2D eigenvalue weighted by atomic mass is 32.1. The largest absolute Gasteiger partial charge is 0.353 e. The Labute approximate surface area is 109 Å². The maximum Gasteiger partial charge on any atom is 0.239 e. The van der Waals surface area contributed by atoms with Crippen molar-refractivity contribution in [3.8, 4) is 0 Å². The Hall–Kier alpha value is -1.69. The van der Waals surface area contributed by atoms with E-state index in [1.165, 1.54) is 4.88 Å². The van der Waals surface area contributed by atoms with Gasteiger partial charge in [-0.1, -0.05) is 6.92 Å². The van der Waals surface area contributed by atoms with Crippen molar-refractivity contribution in [2.45, 2.75) is 13.3 Å². The molecule has 0 aliphatic carbocycles. The number of carbonyl (C=O) groups excluding carboxylic acids is 1. The predicted octanol–water partition coefficient (Wildman–Crippen LogP) is 1.19. The fourth-order valence-electron chi connectivity index (χ4n) is 2.14. The molecule has 0 unspecified atom stereocenters. The summed E-state index contributed by atoms with van der Waals surface area (Å²) in [6, 6.07) is 2.14. The van der Waals surface area contributed by atoms with Crippen molar-refractivity contribution < 1.29 is 4.79 Å². The van der Waals surface area contributed by atoms with Crippen LogP contribution in [0.5, 0.6) is 0 Å². The van der Waals surface area contributed by atoms with Gasteiger partial charge in [-0.15, -0.1) is 11.3 Å². The summed E-state index contributed by atoms with van der Waals surface area (Å²) < 4.78 is 0. The van der Waals surface area contributed by atoms with Crippen LogP contribution in [-0.2, 0) is 11.2 Å². The molecule has 1 aliphatic heterocycles. The number of hydrogen-bond donors (Lipinski definition) is 1. The molecule has 1 amide bonds. The number of piperazine rings is 1. The number of carbonyl (C=O) groups is 1. The topological polar surface area (TPSA) is 58.1 Å². The van der Waals surface area contributed by atoms with Crippen LogP contribution in [0, 0.1) is 0 Å². The normalized spacial score (nSPS) is 16.1. The third-order valence-corrected chi connectivity index (χ3v) is 4.23. The van der Waals surface area contributed by atoms with Gasteiger partial charge in [0, 0.05) is 18.0 Å². The number of aromatic nitrogens is 2. The van der Waals surface area contributed by atoms with Crippen LogP contribution < -0.4 is 10.2 Å². The molecule has 5 nitrogen and oxygen atoms in total. The van der Waals surface area contributed by atoms with Crippen LogP contribution >= 0.6 is 11.3 Å². The van der Waals surface area contributed by atoms with Crippen LogP contribution in [0.25, 0.3) is 10.2 Å². The second-order valence-electron chi connectivity index (χ2n) is 4.25. The Bertz CT molecular complexity index is 595. The lowest BCUT2D eigenvalue weighted by Crippen LogP contribution is -2.48. The van der Waals surface area contributed by atoms with Crippen molar-refractivity contribution in [3.05, 3.63) is 17.3 Å². The zero-order chi connectivity index (χ0) is 12.5. The molecule has 2 aromatic rings. The first-order chi connectivity index (χ1) is 8.78. The number of aryl methyl sites for hydroxylation is 1. The van der Waals surface area contributed by atoms with Crippen LogP contribution in [-0.4, -0.2) is 35.5 Å². The maximum atomic E-state index is 11.5. The van der Waals surface area contributed by atoms with Gasteiger partial charge in [-0.05, 0) is 12.5 Å². The first-order valence-electron chi connectivity index (χ1n) is 6.03. The molecule has 2 aromatic heterocycles. The van der Waals surface area contributed by atoms with Crippen molar-refractivity contribution in [2.24, 2.45) is 0 Å². The molecule has 0 aromatic carbocycles. The van der Waals surface area contributed by atoms with Gasteiger partial charge in [-0.3, -0.25) is 4.79 Å². The molecule has 94 valence electrons. The molecule has 1 N–H and O–H groups in total. The van der Waals surface area contributed by atoms with E-state index in [9.17, 15) is 4.79 Å². The van der Waals surface area contributed by atoms with Gasteiger partial charge in [-0.2, -0.15) is 0 Å². The number of amides is 1. The van der Waals surface area contributed by atoms with Gasteiger partial charge in [0.15, 0.2) is 0 Å². The number of rotatable bonds is 2. The highest BCUT2D eigenvalue weighted by Gasteiger charge is 2.20. The third kappa shape index (κ3) is 1.92. The zero-order valence-corrected chi connectivity index (χ0v) is 11.0. The Morgan fingerprint density at radius 3 is 3.17 bits per heavy atom. The molecular formula is C12H14N4OS. The third-order valence-electron chi connectivity index (χ3n) is 3.05. The van der Waals surface area contributed by atoms with Crippen LogP contribution in [0.2, 0.25) is 0 Å². The Balaban J connectivity index is 2.04. The summed E-state index contributed by atoms with van der Waals surface area (Å²) in [7, 11) is 0. The van der Waals surface area contributed by atoms with Crippen molar-refractivity contribution in [2.75, 3.05) is 24.5 Å². The first-order valence-corrected chi connectivity index (χ1v) is 6.84. The SMILES string of the molecule is CCc1cc2c(N3CCNC(=O)C3)ncnc2s1. The van der Waals surface area contributed by atoms with Gasteiger partial charge in [0.05, 0.1) is 11.9 Å². The summed E-state index contributed by atoms with van der Waals surface area (Å²) in [6.45, 7) is 3.99. The van der Waals surface area contributed by atoms with Crippen molar-refractivity contribution >= 4 is 33.3 Å². The lowest BCUT2D eigenvalue weighted by Gasteiger charge is -2.27. The van der Waals surface area contributed by atoms with E-state index >= 15 is 0 Å². The lowest BCUT2D eigenvalue weighted by atomic mass is 10.2. The van der Waals surface area contributed by atoms with Gasteiger partial charge in [-0.25, -0.2) is 9.97 Å². The van der Waals surface area contributed by atoms with Gasteiger partial charge in [0.1, 0.15) is 17.0 Å². The average Bonchev–Trinajstić information content (AvgIpc) is 2.81. The molecule has 0 spiro atoms. The van der Waals surface area contributed by atoms with Crippen LogP contribution in [0.3, 0.4) is 0 Å². The average molecular weight is 262 g/mol. The molecule has 6 heteroatoms. The minimum atomic E-state index is 0.0546. The number of nitrogens with zero attached hydrogens (tertiary/aromatic N) is 3. The molecule has 0 bridgehead atoms. The lowest BCUT2D eigenvalue weighted by molar-refractivity contribution is -0.120. The quantitative estimate of drug-likeness (QED) is 0.883. The van der Waals surface area contributed by atoms with Crippen LogP contribution in [0.15, 0.2) is 12.4 Å². The van der Waals surface area contributed by atoms with E-state index in [4.69, 9.17) is 0 Å². The zero-order valence-electron chi connectivity index (χ0n) is 10.1. The Morgan fingerprint density at radius 1 is 1.50 bits per heavy atom. The van der Waals surface area contributed by atoms with Crippen LogP contribution in [0.4, 0.5) is 5.82 Å². The van der Waals surface area contributed by atoms with Gasteiger partial charge >= 0.3 is 0 Å². The van der Waals surface area contributed by atoms with E-state index in [0.717, 1.165) is 29.0 Å². The molecule has 0 radical (unpaired) electrons. The van der Waals surface area contributed by atoms with Crippen LogP contribution in [0.1, 0.15) is 11.8 Å². The Kier molecular flexibility index (Phi) is 2.87. The Morgan fingerprint density at radius 2 is 2.39 bits per heavy atom. The monoisotopic (exact) mass is 262 g/mol. The second-order valence-corrected chi connectivity index (χ2v) is 5.37. The molecule has 18 heavy (non-hydrogen) atoms. The van der Waals surface area contributed by atoms with E-state index in [0.29, 0.717) is 13.1 Å². The van der Waals surface area contributed by atoms with E-state index < -0.39 is 0 Å². The minimum Gasteiger partial charge on any atom is -0.353 e. The highest BCUT2D eigenvalue weighted by molar-refractivity contribution is 7.18. The number of anilines is 1. The van der Waals surface area contributed by atoms with E-state index in [-0.39, 0.29) is 5.91 Å². The van der Waals surface area contributed by atoms with Crippen molar-refractivity contribution in [1.82, 2.24) is 15.3 Å². The van der Waals surface area contributed by atoms with Gasteiger partial charge in [0.25, 0.3) is 0 Å². The van der Waals surface area contributed by atoms with E-state index in [1.54, 1.807) is 17.7 Å². The standard InChI is InChI=1S/C12H14N4OS/c1-2-8-5-9-11(14-7-15-12(9)18-8)16-4-3-13-10(17)6-16/h5,7H,2-4,6H2,1H3,(H,13,17). The molecule has 0 saturated carbocycles. The summed E-state index contributed by atoms with van der Waals surface area (Å²) in [4.78, 5) is 24.4. The number of thiophene rings is 1. The smallest absolute Gasteiger partial charge is 0.239 e. The van der Waals surface area contributed by atoms with Gasteiger partial charge < -0.3 is 10.2 Å². The predicted molar refractivity (Wildman–Crippen MR) is 72.0 cm³/mol. The number of nitrogens with one attached hydrogen (secondary N) is 1. The van der Waals surface area contributed by atoms with Crippen molar-refractivity contribution in [1.29, 1.82) is 0 Å². The summed E-state index contributed by atoms with van der Waals surface area (Å²) in [5.74, 6) is 0.935. The fraction of sp³-hybridized carbons (Fsp3) is 0.417. The maximum absolute atomic E-state index is 11.5. The molecule has 3 heterocycles. The summed E-state index contributed by atoms with van der Waals surface area (Å²) in [5, 5.41) is 3.89. The first kappa shape index (κ1) is 11.4. The molecule has 3 rings (SSSR count).